The smallest absolute Gasteiger partial charge is 0.145 e. The molecule has 0 atom stereocenters. The Labute approximate surface area is 80.1 Å². The Hall–Kier alpha value is -1.37. The van der Waals surface area contributed by atoms with Gasteiger partial charge in [-0.1, -0.05) is 50.8 Å². The molecule has 1 heteroatoms. The average Bonchev–Trinajstić information content (AvgIpc) is 2.22. The van der Waals surface area contributed by atoms with Crippen LogP contribution in [0.4, 0.5) is 0 Å². The molecule has 0 radical (unpaired) electrons. The standard InChI is InChI=1S/C10H10O.C2H6/c1-9(8-11)7-10-5-3-2-4-6-10;1-2/h2-6,8H,1,7H2;1-2H3. The van der Waals surface area contributed by atoms with Gasteiger partial charge in [-0.3, -0.25) is 4.79 Å². The maximum absolute atomic E-state index is 10.2. The minimum Gasteiger partial charge on any atom is -0.298 e. The van der Waals surface area contributed by atoms with Gasteiger partial charge >= 0.3 is 0 Å². The second kappa shape index (κ2) is 7.29. The van der Waals surface area contributed by atoms with Crippen LogP contribution in [0.25, 0.3) is 0 Å². The first-order valence-corrected chi connectivity index (χ1v) is 4.50. The maximum atomic E-state index is 10.2. The first-order chi connectivity index (χ1) is 6.33. The van der Waals surface area contributed by atoms with Crippen molar-refractivity contribution >= 4 is 6.29 Å². The largest absolute Gasteiger partial charge is 0.298 e. The highest BCUT2D eigenvalue weighted by atomic mass is 16.1. The number of carbonyl (C=O) groups excluding carboxylic acids is 1. The molecule has 0 bridgehead atoms. The third kappa shape index (κ3) is 4.96. The molecular weight excluding hydrogens is 160 g/mol. The molecule has 13 heavy (non-hydrogen) atoms. The summed E-state index contributed by atoms with van der Waals surface area (Å²) in [6, 6.07) is 9.82. The molecule has 0 aliphatic carbocycles. The molecule has 0 aromatic heterocycles. The molecular formula is C12H16O. The lowest BCUT2D eigenvalue weighted by Gasteiger charge is -1.96. The van der Waals surface area contributed by atoms with E-state index in [9.17, 15) is 4.79 Å². The summed E-state index contributed by atoms with van der Waals surface area (Å²) in [5.41, 5.74) is 1.75. The van der Waals surface area contributed by atoms with Crippen molar-refractivity contribution in [3.05, 3.63) is 48.0 Å². The average molecular weight is 176 g/mol. The summed E-state index contributed by atoms with van der Waals surface area (Å²) in [5, 5.41) is 0. The van der Waals surface area contributed by atoms with Gasteiger partial charge in [-0.2, -0.15) is 0 Å². The van der Waals surface area contributed by atoms with Crippen LogP contribution >= 0.6 is 0 Å². The van der Waals surface area contributed by atoms with Crippen LogP contribution in [-0.4, -0.2) is 6.29 Å². The summed E-state index contributed by atoms with van der Waals surface area (Å²) in [4.78, 5) is 10.2. The third-order valence-electron chi connectivity index (χ3n) is 1.44. The summed E-state index contributed by atoms with van der Waals surface area (Å²) >= 11 is 0. The van der Waals surface area contributed by atoms with Gasteiger partial charge in [0.05, 0.1) is 0 Å². The summed E-state index contributed by atoms with van der Waals surface area (Å²) in [7, 11) is 0. The first kappa shape index (κ1) is 11.6. The van der Waals surface area contributed by atoms with Crippen LogP contribution in [0.15, 0.2) is 42.5 Å². The fourth-order valence-corrected chi connectivity index (χ4v) is 0.900. The Bertz CT molecular complexity index is 249. The molecule has 1 nitrogen and oxygen atoms in total. The summed E-state index contributed by atoms with van der Waals surface area (Å²) < 4.78 is 0. The number of allylic oxidation sites excluding steroid dienone is 1. The fourth-order valence-electron chi connectivity index (χ4n) is 0.900. The highest BCUT2D eigenvalue weighted by Crippen LogP contribution is 2.03. The number of hydrogen-bond acceptors (Lipinski definition) is 1. The van der Waals surface area contributed by atoms with E-state index in [1.807, 2.05) is 44.2 Å². The molecule has 0 amide bonds. The Morgan fingerprint density at radius 2 is 1.85 bits per heavy atom. The van der Waals surface area contributed by atoms with Gasteiger partial charge in [-0.15, -0.1) is 0 Å². The molecule has 1 rings (SSSR count). The normalized spacial score (nSPS) is 8.15. The van der Waals surface area contributed by atoms with Crippen LogP contribution in [0.3, 0.4) is 0 Å². The lowest BCUT2D eigenvalue weighted by molar-refractivity contribution is -0.104. The lowest BCUT2D eigenvalue weighted by atomic mass is 10.1. The van der Waals surface area contributed by atoms with E-state index in [0.717, 1.165) is 11.8 Å². The van der Waals surface area contributed by atoms with Gasteiger partial charge in [0.25, 0.3) is 0 Å². The van der Waals surface area contributed by atoms with Crippen LogP contribution in [-0.2, 0) is 11.2 Å². The predicted octanol–water partition coefficient (Wildman–Crippen LogP) is 3.01. The minimum atomic E-state index is 0.621. The summed E-state index contributed by atoms with van der Waals surface area (Å²) in [6.07, 6.45) is 1.46. The molecule has 0 unspecified atom stereocenters. The topological polar surface area (TPSA) is 17.1 Å². The Balaban J connectivity index is 0.000000671. The zero-order valence-corrected chi connectivity index (χ0v) is 8.29. The van der Waals surface area contributed by atoms with Crippen LogP contribution in [0.5, 0.6) is 0 Å². The monoisotopic (exact) mass is 176 g/mol. The van der Waals surface area contributed by atoms with Gasteiger partial charge in [0.1, 0.15) is 6.29 Å². The number of benzene rings is 1. The van der Waals surface area contributed by atoms with Crippen molar-refractivity contribution in [3.8, 4) is 0 Å². The predicted molar refractivity (Wildman–Crippen MR) is 56.7 cm³/mol. The molecule has 1 aromatic rings. The summed E-state index contributed by atoms with van der Waals surface area (Å²) in [6.45, 7) is 7.60. The van der Waals surface area contributed by atoms with Crippen molar-refractivity contribution in [1.82, 2.24) is 0 Å². The zero-order valence-electron chi connectivity index (χ0n) is 8.29. The number of carbonyl (C=O) groups is 1. The van der Waals surface area contributed by atoms with Gasteiger partial charge in [0.2, 0.25) is 0 Å². The van der Waals surface area contributed by atoms with E-state index < -0.39 is 0 Å². The van der Waals surface area contributed by atoms with Crippen molar-refractivity contribution in [1.29, 1.82) is 0 Å². The van der Waals surface area contributed by atoms with Crippen molar-refractivity contribution in [2.75, 3.05) is 0 Å². The number of aldehydes is 1. The highest BCUT2D eigenvalue weighted by Gasteiger charge is 1.92. The van der Waals surface area contributed by atoms with E-state index in [4.69, 9.17) is 0 Å². The molecule has 0 heterocycles. The maximum Gasteiger partial charge on any atom is 0.145 e. The van der Waals surface area contributed by atoms with Crippen LogP contribution in [0, 0.1) is 0 Å². The van der Waals surface area contributed by atoms with E-state index in [-0.39, 0.29) is 0 Å². The Morgan fingerprint density at radius 3 is 2.31 bits per heavy atom. The van der Waals surface area contributed by atoms with Gasteiger partial charge in [0.15, 0.2) is 0 Å². The van der Waals surface area contributed by atoms with Gasteiger partial charge in [-0.25, -0.2) is 0 Å². The van der Waals surface area contributed by atoms with Crippen LogP contribution in [0.2, 0.25) is 0 Å². The van der Waals surface area contributed by atoms with E-state index in [1.54, 1.807) is 0 Å². The molecule has 0 saturated heterocycles. The Kier molecular flexibility index (Phi) is 6.52. The molecule has 0 spiro atoms. The van der Waals surface area contributed by atoms with E-state index in [1.165, 1.54) is 0 Å². The van der Waals surface area contributed by atoms with Crippen molar-refractivity contribution < 1.29 is 4.79 Å². The van der Waals surface area contributed by atoms with Gasteiger partial charge in [0, 0.05) is 6.42 Å². The SMILES string of the molecule is C=C(C=O)Cc1ccccc1.CC. The van der Waals surface area contributed by atoms with Crippen molar-refractivity contribution in [2.45, 2.75) is 20.3 Å². The lowest BCUT2D eigenvalue weighted by Crippen LogP contribution is -1.88. The van der Waals surface area contributed by atoms with Crippen LogP contribution < -0.4 is 0 Å². The fraction of sp³-hybridized carbons (Fsp3) is 0.250. The van der Waals surface area contributed by atoms with E-state index in [2.05, 4.69) is 6.58 Å². The van der Waals surface area contributed by atoms with Gasteiger partial charge < -0.3 is 0 Å². The second-order valence-electron chi connectivity index (χ2n) is 2.44. The summed E-state index contributed by atoms with van der Waals surface area (Å²) in [5.74, 6) is 0. The van der Waals surface area contributed by atoms with Crippen LogP contribution in [0.1, 0.15) is 19.4 Å². The van der Waals surface area contributed by atoms with Gasteiger partial charge in [-0.05, 0) is 11.1 Å². The zero-order chi connectivity index (χ0) is 10.1. The third-order valence-corrected chi connectivity index (χ3v) is 1.44. The molecule has 0 fully saturated rings. The number of rotatable bonds is 3. The quantitative estimate of drug-likeness (QED) is 0.511. The van der Waals surface area contributed by atoms with Crippen molar-refractivity contribution in [2.24, 2.45) is 0 Å². The Morgan fingerprint density at radius 1 is 1.31 bits per heavy atom. The van der Waals surface area contributed by atoms with Crippen molar-refractivity contribution in [3.63, 3.8) is 0 Å². The number of hydrogen-bond donors (Lipinski definition) is 0. The molecule has 70 valence electrons. The van der Waals surface area contributed by atoms with E-state index >= 15 is 0 Å². The molecule has 0 N–H and O–H groups in total. The molecule has 0 saturated carbocycles. The minimum absolute atomic E-state index is 0.621. The second-order valence-corrected chi connectivity index (χ2v) is 2.44. The molecule has 1 aromatic carbocycles. The molecule has 0 aliphatic rings. The molecule has 0 aliphatic heterocycles. The first-order valence-electron chi connectivity index (χ1n) is 4.50. The van der Waals surface area contributed by atoms with E-state index in [0.29, 0.717) is 12.0 Å². The highest BCUT2D eigenvalue weighted by molar-refractivity contribution is 5.72.